The second kappa shape index (κ2) is 7.01. The fraction of sp³-hybridized carbons (Fsp3) is 0.364. The molecule has 0 spiro atoms. The molecule has 1 N–H and O–H groups in total. The first-order chi connectivity index (χ1) is 13.4. The third-order valence-corrected chi connectivity index (χ3v) is 6.12. The van der Waals surface area contributed by atoms with Crippen molar-refractivity contribution in [2.24, 2.45) is 5.41 Å². The largest absolute Gasteiger partial charge is 0.466 e. The van der Waals surface area contributed by atoms with Gasteiger partial charge >= 0.3 is 5.97 Å². The van der Waals surface area contributed by atoms with Crippen LogP contribution in [0.15, 0.2) is 41.0 Å². The third-order valence-electron chi connectivity index (χ3n) is 5.62. The number of halogens is 1. The Morgan fingerprint density at radius 3 is 2.82 bits per heavy atom. The normalized spacial score (nSPS) is 18.6. The molecular formula is C22H23BrN2O3. The van der Waals surface area contributed by atoms with Gasteiger partial charge in [-0.1, -0.05) is 15.9 Å². The van der Waals surface area contributed by atoms with Crippen LogP contribution in [-0.4, -0.2) is 29.7 Å². The quantitative estimate of drug-likeness (QED) is 0.551. The second-order valence-corrected chi connectivity index (χ2v) is 8.53. The molecule has 146 valence electrons. The average molecular weight is 443 g/mol. The number of methoxy groups -OCH3 is 1. The summed E-state index contributed by atoms with van der Waals surface area (Å²) in [7, 11) is 1.67. The molecule has 28 heavy (non-hydrogen) atoms. The zero-order valence-corrected chi connectivity index (χ0v) is 18.0. The second-order valence-electron chi connectivity index (χ2n) is 7.62. The van der Waals surface area contributed by atoms with Crippen LogP contribution in [0.1, 0.15) is 44.1 Å². The number of hydrogen-bond donors (Lipinski definition) is 1. The van der Waals surface area contributed by atoms with Crippen LogP contribution in [0.5, 0.6) is 0 Å². The summed E-state index contributed by atoms with van der Waals surface area (Å²) in [5.74, 6) is -0.492. The van der Waals surface area contributed by atoms with Gasteiger partial charge in [-0.2, -0.15) is 0 Å². The van der Waals surface area contributed by atoms with Crippen molar-refractivity contribution in [1.82, 2.24) is 9.97 Å². The monoisotopic (exact) mass is 442 g/mol. The molecule has 0 aliphatic heterocycles. The molecule has 0 saturated heterocycles. The van der Waals surface area contributed by atoms with Crippen molar-refractivity contribution >= 4 is 32.8 Å². The molecule has 6 heteroatoms. The highest BCUT2D eigenvalue weighted by atomic mass is 79.9. The lowest BCUT2D eigenvalue weighted by atomic mass is 9.67. The van der Waals surface area contributed by atoms with Crippen molar-refractivity contribution in [2.45, 2.75) is 32.8 Å². The zero-order valence-electron chi connectivity index (χ0n) is 16.4. The minimum Gasteiger partial charge on any atom is -0.466 e. The Hall–Kier alpha value is -2.18. The standard InChI is InChI=1S/C22H23BrN2O3/c1-5-28-21(26)22(2,3)17-16-14-11-12(23)8-9-15(14)25-18(16)13-7-6-10-24-19(13)20(17)27-4/h6-11,17,20,25H,5H2,1-4H3. The van der Waals surface area contributed by atoms with E-state index < -0.39 is 5.41 Å². The van der Waals surface area contributed by atoms with E-state index in [9.17, 15) is 4.79 Å². The molecule has 2 unspecified atom stereocenters. The number of H-pyrrole nitrogens is 1. The lowest BCUT2D eigenvalue weighted by Crippen LogP contribution is -2.39. The lowest BCUT2D eigenvalue weighted by molar-refractivity contribution is -0.157. The summed E-state index contributed by atoms with van der Waals surface area (Å²) in [5, 5.41) is 1.07. The van der Waals surface area contributed by atoms with Crippen molar-refractivity contribution in [2.75, 3.05) is 13.7 Å². The maximum atomic E-state index is 13.0. The molecule has 0 radical (unpaired) electrons. The minimum atomic E-state index is -0.807. The van der Waals surface area contributed by atoms with E-state index in [0.717, 1.165) is 37.9 Å². The molecular weight excluding hydrogens is 420 g/mol. The summed E-state index contributed by atoms with van der Waals surface area (Å²) < 4.78 is 12.4. The van der Waals surface area contributed by atoms with Gasteiger partial charge in [0, 0.05) is 40.2 Å². The number of rotatable bonds is 4. The van der Waals surface area contributed by atoms with Gasteiger partial charge in [0.05, 0.1) is 23.4 Å². The number of carbonyl (C=O) groups is 1. The molecule has 4 rings (SSSR count). The van der Waals surface area contributed by atoms with Crippen molar-refractivity contribution in [3.63, 3.8) is 0 Å². The Kier molecular flexibility index (Phi) is 4.79. The number of ether oxygens (including phenoxy) is 2. The Labute approximate surface area is 172 Å². The summed E-state index contributed by atoms with van der Waals surface area (Å²) >= 11 is 3.58. The van der Waals surface area contributed by atoms with Crippen LogP contribution in [0, 0.1) is 5.41 Å². The van der Waals surface area contributed by atoms with Gasteiger partial charge in [0.1, 0.15) is 6.10 Å². The molecule has 1 aliphatic carbocycles. The van der Waals surface area contributed by atoms with Crippen LogP contribution in [-0.2, 0) is 14.3 Å². The summed E-state index contributed by atoms with van der Waals surface area (Å²) in [6.45, 7) is 6.02. The van der Waals surface area contributed by atoms with Crippen molar-refractivity contribution in [1.29, 1.82) is 0 Å². The first-order valence-electron chi connectivity index (χ1n) is 9.36. The number of aromatic amines is 1. The molecule has 5 nitrogen and oxygen atoms in total. The van der Waals surface area contributed by atoms with Gasteiger partial charge in [-0.05, 0) is 56.7 Å². The van der Waals surface area contributed by atoms with Crippen LogP contribution < -0.4 is 0 Å². The van der Waals surface area contributed by atoms with Gasteiger partial charge in [0.25, 0.3) is 0 Å². The SMILES string of the molecule is CCOC(=O)C(C)(C)C1c2c([nH]c3ccc(Br)cc23)-c2cccnc2C1OC. The fourth-order valence-electron chi connectivity index (χ4n) is 4.32. The third kappa shape index (κ3) is 2.78. The maximum Gasteiger partial charge on any atom is 0.312 e. The fourth-order valence-corrected chi connectivity index (χ4v) is 4.68. The molecule has 3 aromatic rings. The van der Waals surface area contributed by atoms with E-state index in [0.29, 0.717) is 6.61 Å². The molecule has 0 saturated carbocycles. The molecule has 0 amide bonds. The summed E-state index contributed by atoms with van der Waals surface area (Å²) in [5.41, 5.74) is 4.12. The predicted octanol–water partition coefficient (Wildman–Crippen LogP) is 5.37. The number of hydrogen-bond acceptors (Lipinski definition) is 4. The summed E-state index contributed by atoms with van der Waals surface area (Å²) in [6.07, 6.45) is 1.41. The molecule has 1 aliphatic rings. The number of benzene rings is 1. The van der Waals surface area contributed by atoms with E-state index in [1.807, 2.05) is 45.0 Å². The topological polar surface area (TPSA) is 64.2 Å². The number of carbonyl (C=O) groups excluding carboxylic acids is 1. The lowest BCUT2D eigenvalue weighted by Gasteiger charge is -2.40. The van der Waals surface area contributed by atoms with Crippen molar-refractivity contribution in [3.8, 4) is 11.3 Å². The highest BCUT2D eigenvalue weighted by Crippen LogP contribution is 2.56. The molecule has 2 aromatic heterocycles. The van der Waals surface area contributed by atoms with Gasteiger partial charge in [-0.25, -0.2) is 0 Å². The van der Waals surface area contributed by atoms with E-state index in [-0.39, 0.29) is 18.0 Å². The van der Waals surface area contributed by atoms with E-state index in [1.165, 1.54) is 0 Å². The summed E-state index contributed by atoms with van der Waals surface area (Å²) in [4.78, 5) is 21.1. The first-order valence-corrected chi connectivity index (χ1v) is 10.2. The molecule has 0 bridgehead atoms. The predicted molar refractivity (Wildman–Crippen MR) is 112 cm³/mol. The van der Waals surface area contributed by atoms with Crippen LogP contribution in [0.3, 0.4) is 0 Å². The van der Waals surface area contributed by atoms with Crippen LogP contribution in [0.4, 0.5) is 0 Å². The minimum absolute atomic E-state index is 0.239. The molecule has 2 atom stereocenters. The van der Waals surface area contributed by atoms with Crippen LogP contribution >= 0.6 is 15.9 Å². The van der Waals surface area contributed by atoms with E-state index >= 15 is 0 Å². The Bertz CT molecular complexity index is 1060. The van der Waals surface area contributed by atoms with Gasteiger partial charge in [-0.15, -0.1) is 0 Å². The number of pyridine rings is 1. The average Bonchev–Trinajstić information content (AvgIpc) is 3.05. The number of esters is 1. The Morgan fingerprint density at radius 1 is 1.32 bits per heavy atom. The number of aromatic nitrogens is 2. The smallest absolute Gasteiger partial charge is 0.312 e. The summed E-state index contributed by atoms with van der Waals surface area (Å²) in [6, 6.07) is 10.1. The number of nitrogens with zero attached hydrogens (tertiary/aromatic N) is 1. The van der Waals surface area contributed by atoms with Crippen molar-refractivity contribution in [3.05, 3.63) is 52.3 Å². The zero-order chi connectivity index (χ0) is 20.1. The van der Waals surface area contributed by atoms with Crippen LogP contribution in [0.2, 0.25) is 0 Å². The van der Waals surface area contributed by atoms with Gasteiger partial charge in [0.2, 0.25) is 0 Å². The van der Waals surface area contributed by atoms with Crippen molar-refractivity contribution < 1.29 is 14.3 Å². The van der Waals surface area contributed by atoms with Gasteiger partial charge in [0.15, 0.2) is 0 Å². The maximum absolute atomic E-state index is 13.0. The van der Waals surface area contributed by atoms with E-state index in [2.05, 4.69) is 32.0 Å². The van der Waals surface area contributed by atoms with E-state index in [4.69, 9.17) is 9.47 Å². The number of nitrogens with one attached hydrogen (secondary N) is 1. The van der Waals surface area contributed by atoms with E-state index in [1.54, 1.807) is 13.3 Å². The van der Waals surface area contributed by atoms with Gasteiger partial charge in [-0.3, -0.25) is 9.78 Å². The van der Waals surface area contributed by atoms with Crippen LogP contribution in [0.25, 0.3) is 22.2 Å². The highest BCUT2D eigenvalue weighted by molar-refractivity contribution is 9.10. The molecule has 2 heterocycles. The Morgan fingerprint density at radius 2 is 2.11 bits per heavy atom. The molecule has 1 aromatic carbocycles. The first kappa shape index (κ1) is 19.2. The number of fused-ring (bicyclic) bond motifs is 5. The highest BCUT2D eigenvalue weighted by Gasteiger charge is 2.49. The van der Waals surface area contributed by atoms with Gasteiger partial charge < -0.3 is 14.5 Å². The Balaban J connectivity index is 2.05. The molecule has 0 fully saturated rings.